The second-order valence-electron chi connectivity index (χ2n) is 1.84. The first-order chi connectivity index (χ1) is 4.55. The molecule has 0 aromatic carbocycles. The van der Waals surface area contributed by atoms with Gasteiger partial charge in [-0.15, -0.1) is 0 Å². The lowest BCUT2D eigenvalue weighted by Crippen LogP contribution is -1.91. The fourth-order valence-electron chi connectivity index (χ4n) is 0.698. The zero-order valence-corrected chi connectivity index (χ0v) is 4.92. The molecule has 0 aliphatic heterocycles. The van der Waals surface area contributed by atoms with E-state index in [1.54, 1.807) is 0 Å². The minimum absolute atomic E-state index is 0.125. The van der Waals surface area contributed by atoms with Crippen molar-refractivity contribution in [2.24, 2.45) is 0 Å². The van der Waals surface area contributed by atoms with Crippen molar-refractivity contribution in [2.75, 3.05) is 0 Å². The van der Waals surface area contributed by atoms with Gasteiger partial charge in [-0.25, -0.2) is 9.59 Å². The van der Waals surface area contributed by atoms with Crippen LogP contribution in [0.1, 0.15) is 0 Å². The van der Waals surface area contributed by atoms with E-state index >= 15 is 0 Å². The molecule has 4 nitrogen and oxygen atoms in total. The monoisotopic (exact) mass is 140 g/mol. The summed E-state index contributed by atoms with van der Waals surface area (Å²) in [4.78, 5) is 20.2. The molecule has 1 aliphatic rings. The van der Waals surface area contributed by atoms with E-state index in [4.69, 9.17) is 10.2 Å². The van der Waals surface area contributed by atoms with Crippen molar-refractivity contribution in [3.8, 4) is 0 Å². The lowest BCUT2D eigenvalue weighted by atomic mass is 10.4. The second kappa shape index (κ2) is 1.70. The standard InChI is InChI=1S/C6H4O4/c1-2-3(5(7)8)4(2)6(9)10/h1H2,(H,7,8)(H,9,10). The summed E-state index contributed by atoms with van der Waals surface area (Å²) in [5, 5.41) is 16.5. The van der Waals surface area contributed by atoms with E-state index in [0.717, 1.165) is 0 Å². The highest BCUT2D eigenvalue weighted by atomic mass is 16.4. The normalized spacial score (nSPS) is 15.4. The molecule has 0 radical (unpaired) electrons. The zero-order valence-electron chi connectivity index (χ0n) is 4.92. The molecule has 2 N–H and O–H groups in total. The Morgan fingerprint density at radius 2 is 1.40 bits per heavy atom. The highest BCUT2D eigenvalue weighted by Crippen LogP contribution is 2.36. The average molecular weight is 140 g/mol. The first kappa shape index (κ1) is 6.54. The Balaban J connectivity index is 2.92. The summed E-state index contributed by atoms with van der Waals surface area (Å²) < 4.78 is 0. The van der Waals surface area contributed by atoms with Crippen molar-refractivity contribution in [1.29, 1.82) is 0 Å². The summed E-state index contributed by atoms with van der Waals surface area (Å²) in [6.45, 7) is 3.24. The van der Waals surface area contributed by atoms with E-state index in [1.807, 2.05) is 0 Å². The molecular formula is C6H4O4. The van der Waals surface area contributed by atoms with Gasteiger partial charge in [0.05, 0.1) is 11.1 Å². The molecule has 1 aliphatic carbocycles. The van der Waals surface area contributed by atoms with E-state index < -0.39 is 11.9 Å². The molecule has 0 atom stereocenters. The number of aliphatic carboxylic acids is 2. The fourth-order valence-corrected chi connectivity index (χ4v) is 0.698. The maximum Gasteiger partial charge on any atom is 0.337 e. The Kier molecular flexibility index (Phi) is 1.11. The van der Waals surface area contributed by atoms with Crippen LogP contribution < -0.4 is 0 Å². The van der Waals surface area contributed by atoms with Crippen molar-refractivity contribution in [3.63, 3.8) is 0 Å². The lowest BCUT2D eigenvalue weighted by molar-refractivity contribution is -0.134. The molecule has 1 rings (SSSR count). The van der Waals surface area contributed by atoms with Crippen molar-refractivity contribution >= 4 is 11.9 Å². The van der Waals surface area contributed by atoms with Crippen LogP contribution in [0, 0.1) is 0 Å². The Hall–Kier alpha value is -1.58. The molecule has 0 heterocycles. The fraction of sp³-hybridized carbons (Fsp3) is 0. The minimum atomic E-state index is -1.22. The number of carboxylic acid groups (broad SMARTS) is 2. The molecule has 0 fully saturated rings. The highest BCUT2D eigenvalue weighted by Gasteiger charge is 2.38. The van der Waals surface area contributed by atoms with Crippen molar-refractivity contribution < 1.29 is 19.8 Å². The van der Waals surface area contributed by atoms with E-state index in [2.05, 4.69) is 6.58 Å². The van der Waals surface area contributed by atoms with Crippen molar-refractivity contribution in [3.05, 3.63) is 23.3 Å². The Labute approximate surface area is 56.1 Å². The smallest absolute Gasteiger partial charge is 0.337 e. The first-order valence-corrected chi connectivity index (χ1v) is 2.46. The molecular weight excluding hydrogens is 136 g/mol. The van der Waals surface area contributed by atoms with Crippen LogP contribution in [0.3, 0.4) is 0 Å². The maximum atomic E-state index is 10.1. The zero-order chi connectivity index (χ0) is 7.89. The Morgan fingerprint density at radius 1 is 1.10 bits per heavy atom. The predicted molar refractivity (Wildman–Crippen MR) is 31.4 cm³/mol. The van der Waals surface area contributed by atoms with Crippen molar-refractivity contribution in [2.45, 2.75) is 0 Å². The molecule has 0 saturated heterocycles. The summed E-state index contributed by atoms with van der Waals surface area (Å²) in [7, 11) is 0. The third-order valence-corrected chi connectivity index (χ3v) is 1.22. The van der Waals surface area contributed by atoms with E-state index in [-0.39, 0.29) is 16.7 Å². The molecule has 0 unspecified atom stereocenters. The molecule has 52 valence electrons. The van der Waals surface area contributed by atoms with Gasteiger partial charge in [0.2, 0.25) is 0 Å². The van der Waals surface area contributed by atoms with Gasteiger partial charge in [-0.2, -0.15) is 0 Å². The van der Waals surface area contributed by atoms with Crippen LogP contribution in [0.4, 0.5) is 0 Å². The minimum Gasteiger partial charge on any atom is -0.478 e. The summed E-state index contributed by atoms with van der Waals surface area (Å²) >= 11 is 0. The van der Waals surface area contributed by atoms with E-state index in [0.29, 0.717) is 0 Å². The third kappa shape index (κ3) is 0.699. The maximum absolute atomic E-state index is 10.1. The lowest BCUT2D eigenvalue weighted by Gasteiger charge is -1.72. The van der Waals surface area contributed by atoms with Gasteiger partial charge >= 0.3 is 11.9 Å². The van der Waals surface area contributed by atoms with Gasteiger partial charge in [0.15, 0.2) is 0 Å². The molecule has 4 heteroatoms. The van der Waals surface area contributed by atoms with Crippen LogP contribution in [0.5, 0.6) is 0 Å². The van der Waals surface area contributed by atoms with Gasteiger partial charge in [-0.05, 0) is 5.57 Å². The average Bonchev–Trinajstić information content (AvgIpc) is 2.40. The number of rotatable bonds is 2. The number of carboxylic acids is 2. The largest absolute Gasteiger partial charge is 0.478 e. The molecule has 10 heavy (non-hydrogen) atoms. The molecule has 0 aromatic heterocycles. The summed E-state index contributed by atoms with van der Waals surface area (Å²) in [5.74, 6) is -2.44. The van der Waals surface area contributed by atoms with Crippen LogP contribution >= 0.6 is 0 Å². The Morgan fingerprint density at radius 3 is 1.50 bits per heavy atom. The Bertz CT molecular complexity index is 245. The number of hydrogen-bond acceptors (Lipinski definition) is 2. The summed E-state index contributed by atoms with van der Waals surface area (Å²) in [6.07, 6.45) is 0. The van der Waals surface area contributed by atoms with Gasteiger partial charge < -0.3 is 10.2 Å². The van der Waals surface area contributed by atoms with Crippen LogP contribution in [-0.2, 0) is 9.59 Å². The quantitative estimate of drug-likeness (QED) is 0.567. The molecule has 0 bridgehead atoms. The van der Waals surface area contributed by atoms with E-state index in [9.17, 15) is 9.59 Å². The van der Waals surface area contributed by atoms with Gasteiger partial charge in [0.1, 0.15) is 0 Å². The second-order valence-corrected chi connectivity index (χ2v) is 1.84. The third-order valence-electron chi connectivity index (χ3n) is 1.22. The van der Waals surface area contributed by atoms with Gasteiger partial charge in [-0.1, -0.05) is 6.58 Å². The number of carbonyl (C=O) groups is 2. The summed E-state index contributed by atoms with van der Waals surface area (Å²) in [6, 6.07) is 0. The predicted octanol–water partition coefficient (Wildman–Crippen LogP) is 0.0220. The van der Waals surface area contributed by atoms with Gasteiger partial charge in [0.25, 0.3) is 0 Å². The highest BCUT2D eigenvalue weighted by molar-refractivity contribution is 6.17. The SMILES string of the molecule is C=C1C(C(=O)O)=C1C(=O)O. The molecule has 0 saturated carbocycles. The molecule has 0 spiro atoms. The van der Waals surface area contributed by atoms with Crippen LogP contribution in [-0.4, -0.2) is 22.2 Å². The van der Waals surface area contributed by atoms with Gasteiger partial charge in [-0.3, -0.25) is 0 Å². The van der Waals surface area contributed by atoms with Crippen LogP contribution in [0.2, 0.25) is 0 Å². The van der Waals surface area contributed by atoms with Crippen LogP contribution in [0.15, 0.2) is 23.3 Å². The van der Waals surface area contributed by atoms with Gasteiger partial charge in [0, 0.05) is 0 Å². The van der Waals surface area contributed by atoms with Crippen LogP contribution in [0.25, 0.3) is 0 Å². The number of hydrogen-bond donors (Lipinski definition) is 2. The van der Waals surface area contributed by atoms with E-state index in [1.165, 1.54) is 0 Å². The summed E-state index contributed by atoms with van der Waals surface area (Å²) in [5.41, 5.74) is -0.194. The van der Waals surface area contributed by atoms with Crippen molar-refractivity contribution in [1.82, 2.24) is 0 Å². The first-order valence-electron chi connectivity index (χ1n) is 2.46. The molecule has 0 aromatic rings. The topological polar surface area (TPSA) is 74.6 Å². The molecule has 0 amide bonds.